The Hall–Kier alpha value is -1.10. The van der Waals surface area contributed by atoms with Crippen molar-refractivity contribution in [2.45, 2.75) is 6.92 Å². The van der Waals surface area contributed by atoms with Gasteiger partial charge in [-0.25, -0.2) is 4.57 Å². The predicted molar refractivity (Wildman–Crippen MR) is 61.7 cm³/mol. The lowest BCUT2D eigenvalue weighted by molar-refractivity contribution is -0.670. The Morgan fingerprint density at radius 1 is 1.06 bits per heavy atom. The van der Waals surface area contributed by atoms with Crippen LogP contribution in [0.3, 0.4) is 0 Å². The lowest BCUT2D eigenvalue weighted by Gasteiger charge is -1.92. The second-order valence-corrected chi connectivity index (χ2v) is 4.11. The summed E-state index contributed by atoms with van der Waals surface area (Å²) in [4.78, 5) is 3.43. The number of aryl methyl sites for hydroxylation is 2. The van der Waals surface area contributed by atoms with Gasteiger partial charge in [0.1, 0.15) is 12.6 Å². The summed E-state index contributed by atoms with van der Waals surface area (Å²) in [6, 6.07) is 8.67. The Balaban J connectivity index is 0.000000963. The number of pyridine rings is 1. The minimum absolute atomic E-state index is 0. The van der Waals surface area contributed by atoms with Gasteiger partial charge < -0.3 is 29.0 Å². The van der Waals surface area contributed by atoms with Gasteiger partial charge in [0.15, 0.2) is 12.4 Å². The molecule has 0 saturated carbocycles. The molecule has 0 saturated heterocycles. The third-order valence-corrected chi connectivity index (χ3v) is 2.83. The van der Waals surface area contributed by atoms with Crippen molar-refractivity contribution >= 4 is 21.8 Å². The van der Waals surface area contributed by atoms with Crippen molar-refractivity contribution in [1.82, 2.24) is 4.98 Å². The molecule has 0 amide bonds. The number of H-pyrrole nitrogens is 1. The average Bonchev–Trinajstić information content (AvgIpc) is 2.54. The van der Waals surface area contributed by atoms with E-state index in [-0.39, 0.29) is 24.0 Å². The van der Waals surface area contributed by atoms with E-state index in [1.807, 2.05) is 7.05 Å². The van der Waals surface area contributed by atoms with Gasteiger partial charge in [0.2, 0.25) is 0 Å². The van der Waals surface area contributed by atoms with Crippen molar-refractivity contribution in [3.8, 4) is 0 Å². The van der Waals surface area contributed by atoms with Crippen molar-refractivity contribution in [1.29, 1.82) is 0 Å². The minimum Gasteiger partial charge on any atom is -1.00 e. The molecule has 0 unspecified atom stereocenters. The quantitative estimate of drug-likeness (QED) is 0.423. The lowest BCUT2D eigenvalue weighted by Crippen LogP contribution is -3.00. The number of aromatic amines is 1. The van der Waals surface area contributed by atoms with Crippen molar-refractivity contribution in [3.63, 3.8) is 0 Å². The minimum atomic E-state index is 0. The first-order valence-corrected chi connectivity index (χ1v) is 5.11. The van der Waals surface area contributed by atoms with E-state index in [0.717, 1.165) is 0 Å². The van der Waals surface area contributed by atoms with Gasteiger partial charge in [0.25, 0.3) is 0 Å². The second-order valence-electron chi connectivity index (χ2n) is 4.11. The summed E-state index contributed by atoms with van der Waals surface area (Å²) >= 11 is 0. The van der Waals surface area contributed by atoms with E-state index in [1.165, 1.54) is 27.4 Å². The molecule has 3 heteroatoms. The standard InChI is InChI=1S/C13H12N2.HI/c1-9-3-4-12-11(7-9)10-5-6-15(2)8-13(10)14-12;/h3-8H,1-2H3;1H. The van der Waals surface area contributed by atoms with Crippen molar-refractivity contribution in [2.24, 2.45) is 7.05 Å². The number of benzene rings is 1. The Bertz CT molecular complexity index is 655. The van der Waals surface area contributed by atoms with E-state index in [2.05, 4.69) is 53.1 Å². The van der Waals surface area contributed by atoms with Gasteiger partial charge >= 0.3 is 0 Å². The van der Waals surface area contributed by atoms with Gasteiger partial charge in [-0.15, -0.1) is 0 Å². The van der Waals surface area contributed by atoms with Crippen molar-refractivity contribution in [3.05, 3.63) is 42.2 Å². The summed E-state index contributed by atoms with van der Waals surface area (Å²) in [5.74, 6) is 0. The van der Waals surface area contributed by atoms with E-state index in [0.29, 0.717) is 0 Å². The van der Waals surface area contributed by atoms with E-state index in [1.54, 1.807) is 0 Å². The van der Waals surface area contributed by atoms with E-state index < -0.39 is 0 Å². The third kappa shape index (κ3) is 1.69. The van der Waals surface area contributed by atoms with Crippen LogP contribution in [0.4, 0.5) is 0 Å². The largest absolute Gasteiger partial charge is 1.00 e. The topological polar surface area (TPSA) is 19.7 Å². The highest BCUT2D eigenvalue weighted by Crippen LogP contribution is 2.24. The smallest absolute Gasteiger partial charge is 0.192 e. The Labute approximate surface area is 111 Å². The molecule has 0 spiro atoms. The highest BCUT2D eigenvalue weighted by Gasteiger charge is 2.06. The second kappa shape index (κ2) is 4.05. The molecule has 0 aliphatic carbocycles. The SMILES string of the molecule is Cc1ccc2[nH]c3c[n+](C)ccc3c2c1.[I-]. The zero-order chi connectivity index (χ0) is 10.4. The number of aromatic nitrogens is 2. The van der Waals surface area contributed by atoms with Crippen LogP contribution in [-0.2, 0) is 7.05 Å². The van der Waals surface area contributed by atoms with Gasteiger partial charge in [0, 0.05) is 22.4 Å². The molecule has 0 bridgehead atoms. The van der Waals surface area contributed by atoms with Crippen LogP contribution < -0.4 is 28.5 Å². The number of halogens is 1. The summed E-state index contributed by atoms with van der Waals surface area (Å²) in [6.07, 6.45) is 4.20. The molecule has 1 N–H and O–H groups in total. The van der Waals surface area contributed by atoms with Gasteiger partial charge in [-0.2, -0.15) is 0 Å². The highest BCUT2D eigenvalue weighted by molar-refractivity contribution is 6.06. The summed E-state index contributed by atoms with van der Waals surface area (Å²) in [7, 11) is 2.04. The Morgan fingerprint density at radius 3 is 2.69 bits per heavy atom. The van der Waals surface area contributed by atoms with Crippen LogP contribution in [0, 0.1) is 6.92 Å². The van der Waals surface area contributed by atoms with Gasteiger partial charge in [-0.05, 0) is 19.1 Å². The molecule has 0 atom stereocenters. The molecule has 0 radical (unpaired) electrons. The van der Waals surface area contributed by atoms with Gasteiger partial charge in [-0.1, -0.05) is 11.6 Å². The highest BCUT2D eigenvalue weighted by atomic mass is 127. The maximum absolute atomic E-state index is 3.43. The third-order valence-electron chi connectivity index (χ3n) is 2.83. The summed E-state index contributed by atoms with van der Waals surface area (Å²) in [5, 5.41) is 2.61. The van der Waals surface area contributed by atoms with Gasteiger partial charge in [0.05, 0.1) is 0 Å². The first-order valence-electron chi connectivity index (χ1n) is 5.11. The molecule has 2 aromatic heterocycles. The monoisotopic (exact) mass is 324 g/mol. The fraction of sp³-hybridized carbons (Fsp3) is 0.154. The zero-order valence-corrected chi connectivity index (χ0v) is 11.4. The van der Waals surface area contributed by atoms with E-state index >= 15 is 0 Å². The van der Waals surface area contributed by atoms with Crippen LogP contribution >= 0.6 is 0 Å². The van der Waals surface area contributed by atoms with Crippen molar-refractivity contribution < 1.29 is 28.5 Å². The number of fused-ring (bicyclic) bond motifs is 3. The van der Waals surface area contributed by atoms with Crippen LogP contribution in [-0.4, -0.2) is 4.98 Å². The molecule has 0 aliphatic rings. The molecule has 3 rings (SSSR count). The molecule has 2 heterocycles. The number of nitrogens with one attached hydrogen (secondary N) is 1. The van der Waals surface area contributed by atoms with E-state index in [9.17, 15) is 0 Å². The average molecular weight is 324 g/mol. The number of nitrogens with zero attached hydrogens (tertiary/aromatic N) is 1. The molecule has 3 aromatic rings. The molecule has 0 fully saturated rings. The first-order chi connectivity index (χ1) is 7.24. The number of hydrogen-bond donors (Lipinski definition) is 1. The van der Waals surface area contributed by atoms with Crippen LogP contribution in [0.2, 0.25) is 0 Å². The molecular formula is C13H13IN2. The van der Waals surface area contributed by atoms with Crippen LogP contribution in [0.25, 0.3) is 21.8 Å². The van der Waals surface area contributed by atoms with Crippen LogP contribution in [0.15, 0.2) is 36.7 Å². The Morgan fingerprint density at radius 2 is 1.88 bits per heavy atom. The lowest BCUT2D eigenvalue weighted by atomic mass is 10.1. The van der Waals surface area contributed by atoms with Crippen molar-refractivity contribution in [2.75, 3.05) is 0 Å². The molecule has 1 aromatic carbocycles. The normalized spacial score (nSPS) is 10.6. The molecule has 16 heavy (non-hydrogen) atoms. The summed E-state index contributed by atoms with van der Waals surface area (Å²) in [6.45, 7) is 2.13. The fourth-order valence-corrected chi connectivity index (χ4v) is 2.07. The predicted octanol–water partition coefficient (Wildman–Crippen LogP) is -0.542. The summed E-state index contributed by atoms with van der Waals surface area (Å²) in [5.41, 5.74) is 3.71. The fourth-order valence-electron chi connectivity index (χ4n) is 2.07. The van der Waals surface area contributed by atoms with Crippen LogP contribution in [0.5, 0.6) is 0 Å². The van der Waals surface area contributed by atoms with Crippen LogP contribution in [0.1, 0.15) is 5.56 Å². The van der Waals surface area contributed by atoms with Gasteiger partial charge in [-0.3, -0.25) is 0 Å². The zero-order valence-electron chi connectivity index (χ0n) is 9.29. The molecule has 82 valence electrons. The first kappa shape index (κ1) is 11.4. The maximum atomic E-state index is 3.43. The number of rotatable bonds is 0. The molecule has 2 nitrogen and oxygen atoms in total. The Kier molecular flexibility index (Phi) is 2.88. The maximum Gasteiger partial charge on any atom is 0.192 e. The summed E-state index contributed by atoms with van der Waals surface area (Å²) < 4.78 is 2.06. The molecular weight excluding hydrogens is 311 g/mol. The molecule has 0 aliphatic heterocycles. The number of hydrogen-bond acceptors (Lipinski definition) is 0. The van der Waals surface area contributed by atoms with E-state index in [4.69, 9.17) is 0 Å².